The van der Waals surface area contributed by atoms with Crippen molar-refractivity contribution in [2.45, 2.75) is 37.6 Å². The van der Waals surface area contributed by atoms with Gasteiger partial charge in [-0.3, -0.25) is 0 Å². The van der Waals surface area contributed by atoms with Crippen LogP contribution in [-0.4, -0.2) is 24.7 Å². The van der Waals surface area contributed by atoms with Gasteiger partial charge in [-0.25, -0.2) is 4.98 Å². The van der Waals surface area contributed by atoms with E-state index in [1.54, 1.807) is 11.3 Å². The van der Waals surface area contributed by atoms with E-state index in [0.29, 0.717) is 5.92 Å². The molecule has 0 bridgehead atoms. The summed E-state index contributed by atoms with van der Waals surface area (Å²) in [5.41, 5.74) is 0.177. The van der Waals surface area contributed by atoms with Gasteiger partial charge in [0.2, 0.25) is 0 Å². The maximum absolute atomic E-state index is 5.44. The average molecular weight is 252 g/mol. The Kier molecular flexibility index (Phi) is 3.45. The van der Waals surface area contributed by atoms with Crippen LogP contribution in [0.1, 0.15) is 37.1 Å². The van der Waals surface area contributed by atoms with Crippen LogP contribution in [-0.2, 0) is 10.3 Å². The van der Waals surface area contributed by atoms with Crippen LogP contribution in [0.25, 0.3) is 0 Å². The Bertz CT molecular complexity index is 340. The lowest BCUT2D eigenvalue weighted by Crippen LogP contribution is -2.42. The summed E-state index contributed by atoms with van der Waals surface area (Å²) in [5, 5.41) is 7.19. The van der Waals surface area contributed by atoms with Gasteiger partial charge in [0.05, 0.1) is 12.1 Å². The first-order chi connectivity index (χ1) is 8.39. The fraction of sp³-hybridized carbons (Fsp3) is 0.769. The highest BCUT2D eigenvalue weighted by Gasteiger charge is 2.37. The standard InChI is InChI=1S/C13H20N2OS/c1-2-5-13(4-1,12-14-6-8-17-12)15-9-11-3-7-16-10-11/h6,8,11,15H,1-5,7,9-10H2. The van der Waals surface area contributed by atoms with Crippen molar-refractivity contribution in [2.24, 2.45) is 5.92 Å². The molecule has 1 unspecified atom stereocenters. The van der Waals surface area contributed by atoms with E-state index in [2.05, 4.69) is 15.7 Å². The molecule has 4 heteroatoms. The van der Waals surface area contributed by atoms with Crippen LogP contribution in [0.3, 0.4) is 0 Å². The van der Waals surface area contributed by atoms with Crippen LogP contribution in [0, 0.1) is 5.92 Å². The molecule has 2 fully saturated rings. The Morgan fingerprint density at radius 1 is 1.47 bits per heavy atom. The van der Waals surface area contributed by atoms with Crippen molar-refractivity contribution in [1.82, 2.24) is 10.3 Å². The highest BCUT2D eigenvalue weighted by atomic mass is 32.1. The molecule has 1 aliphatic heterocycles. The van der Waals surface area contributed by atoms with Gasteiger partial charge < -0.3 is 10.1 Å². The van der Waals surface area contributed by atoms with Crippen molar-refractivity contribution in [2.75, 3.05) is 19.8 Å². The second kappa shape index (κ2) is 5.04. The lowest BCUT2D eigenvalue weighted by Gasteiger charge is -2.29. The lowest BCUT2D eigenvalue weighted by atomic mass is 9.97. The molecule has 3 nitrogen and oxygen atoms in total. The first kappa shape index (κ1) is 11.6. The number of nitrogens with one attached hydrogen (secondary N) is 1. The van der Waals surface area contributed by atoms with Gasteiger partial charge in [-0.2, -0.15) is 0 Å². The SMILES string of the molecule is c1csc(C2(NCC3CCOC3)CCCC2)n1. The summed E-state index contributed by atoms with van der Waals surface area (Å²) < 4.78 is 5.44. The zero-order valence-corrected chi connectivity index (χ0v) is 11.0. The Morgan fingerprint density at radius 2 is 2.35 bits per heavy atom. The van der Waals surface area contributed by atoms with Crippen molar-refractivity contribution in [3.8, 4) is 0 Å². The zero-order chi connectivity index (χ0) is 11.6. The summed E-state index contributed by atoms with van der Waals surface area (Å²) in [6, 6.07) is 0. The van der Waals surface area contributed by atoms with Crippen molar-refractivity contribution >= 4 is 11.3 Å². The second-order valence-corrected chi connectivity index (χ2v) is 6.13. The minimum atomic E-state index is 0.177. The van der Waals surface area contributed by atoms with E-state index in [9.17, 15) is 0 Å². The van der Waals surface area contributed by atoms with Crippen molar-refractivity contribution in [3.05, 3.63) is 16.6 Å². The average Bonchev–Trinajstić information content (AvgIpc) is 3.09. The van der Waals surface area contributed by atoms with Gasteiger partial charge in [0.15, 0.2) is 0 Å². The molecular formula is C13H20N2OS. The highest BCUT2D eigenvalue weighted by molar-refractivity contribution is 7.09. The summed E-state index contributed by atoms with van der Waals surface area (Å²) in [6.45, 7) is 2.96. The number of nitrogens with zero attached hydrogens (tertiary/aromatic N) is 1. The van der Waals surface area contributed by atoms with E-state index in [1.807, 2.05) is 6.20 Å². The summed E-state index contributed by atoms with van der Waals surface area (Å²) in [7, 11) is 0. The number of aromatic nitrogens is 1. The van der Waals surface area contributed by atoms with Gasteiger partial charge in [-0.1, -0.05) is 12.8 Å². The molecule has 2 heterocycles. The maximum atomic E-state index is 5.44. The minimum Gasteiger partial charge on any atom is -0.381 e. The van der Waals surface area contributed by atoms with Crippen LogP contribution >= 0.6 is 11.3 Å². The smallest absolute Gasteiger partial charge is 0.113 e. The topological polar surface area (TPSA) is 34.1 Å². The van der Waals surface area contributed by atoms with E-state index >= 15 is 0 Å². The molecule has 1 aromatic rings. The molecule has 1 saturated carbocycles. The third kappa shape index (κ3) is 2.39. The van der Waals surface area contributed by atoms with Gasteiger partial charge in [0.25, 0.3) is 0 Å². The predicted molar refractivity (Wildman–Crippen MR) is 69.2 cm³/mol. The maximum Gasteiger partial charge on any atom is 0.113 e. The van der Waals surface area contributed by atoms with Gasteiger partial charge in [-0.05, 0) is 25.2 Å². The van der Waals surface area contributed by atoms with Gasteiger partial charge in [-0.15, -0.1) is 11.3 Å². The van der Waals surface area contributed by atoms with Crippen LogP contribution in [0.5, 0.6) is 0 Å². The second-order valence-electron chi connectivity index (χ2n) is 5.24. The summed E-state index contributed by atoms with van der Waals surface area (Å²) in [6.07, 6.45) is 8.28. The Balaban J connectivity index is 1.67. The summed E-state index contributed by atoms with van der Waals surface area (Å²) in [5.74, 6) is 0.701. The highest BCUT2D eigenvalue weighted by Crippen LogP contribution is 2.39. The van der Waals surface area contributed by atoms with E-state index in [4.69, 9.17) is 4.74 Å². The Hall–Kier alpha value is -0.450. The van der Waals surface area contributed by atoms with Crippen LogP contribution in [0.15, 0.2) is 11.6 Å². The third-order valence-electron chi connectivity index (χ3n) is 4.05. The lowest BCUT2D eigenvalue weighted by molar-refractivity contribution is 0.181. The van der Waals surface area contributed by atoms with Crippen molar-refractivity contribution in [1.29, 1.82) is 0 Å². The van der Waals surface area contributed by atoms with Gasteiger partial charge in [0.1, 0.15) is 5.01 Å². The molecule has 0 spiro atoms. The molecule has 3 rings (SSSR count). The van der Waals surface area contributed by atoms with E-state index in [-0.39, 0.29) is 5.54 Å². The first-order valence-corrected chi connectivity index (χ1v) is 7.50. The van der Waals surface area contributed by atoms with Crippen LogP contribution < -0.4 is 5.32 Å². The summed E-state index contributed by atoms with van der Waals surface area (Å²) >= 11 is 1.80. The monoisotopic (exact) mass is 252 g/mol. The normalized spacial score (nSPS) is 27.6. The molecule has 1 aliphatic carbocycles. The molecule has 1 N–H and O–H groups in total. The Morgan fingerprint density at radius 3 is 3.00 bits per heavy atom. The van der Waals surface area contributed by atoms with Crippen molar-refractivity contribution < 1.29 is 4.74 Å². The van der Waals surface area contributed by atoms with Gasteiger partial charge in [0, 0.05) is 24.7 Å². The quantitative estimate of drug-likeness (QED) is 0.894. The summed E-state index contributed by atoms with van der Waals surface area (Å²) in [4.78, 5) is 4.54. The molecule has 1 atom stereocenters. The van der Waals surface area contributed by atoms with E-state index < -0.39 is 0 Å². The number of rotatable bonds is 4. The fourth-order valence-electron chi connectivity index (χ4n) is 2.99. The minimum absolute atomic E-state index is 0.177. The molecule has 1 saturated heterocycles. The van der Waals surface area contributed by atoms with Crippen LogP contribution in [0.2, 0.25) is 0 Å². The predicted octanol–water partition coefficient (Wildman–Crippen LogP) is 2.54. The van der Waals surface area contributed by atoms with Gasteiger partial charge >= 0.3 is 0 Å². The van der Waals surface area contributed by atoms with E-state index in [0.717, 1.165) is 19.8 Å². The van der Waals surface area contributed by atoms with Crippen molar-refractivity contribution in [3.63, 3.8) is 0 Å². The molecule has 0 radical (unpaired) electrons. The molecule has 1 aromatic heterocycles. The Labute approximate surface area is 107 Å². The first-order valence-electron chi connectivity index (χ1n) is 6.62. The molecular weight excluding hydrogens is 232 g/mol. The molecule has 94 valence electrons. The molecule has 0 amide bonds. The molecule has 2 aliphatic rings. The number of thiazole rings is 1. The zero-order valence-electron chi connectivity index (χ0n) is 10.2. The fourth-order valence-corrected chi connectivity index (χ4v) is 3.86. The molecule has 0 aromatic carbocycles. The number of hydrogen-bond acceptors (Lipinski definition) is 4. The number of ether oxygens (including phenoxy) is 1. The molecule has 17 heavy (non-hydrogen) atoms. The van der Waals surface area contributed by atoms with E-state index in [1.165, 1.54) is 37.1 Å². The largest absolute Gasteiger partial charge is 0.381 e. The third-order valence-corrected chi connectivity index (χ3v) is 5.03. The number of hydrogen-bond donors (Lipinski definition) is 1. The van der Waals surface area contributed by atoms with Crippen LogP contribution in [0.4, 0.5) is 0 Å².